The Morgan fingerprint density at radius 1 is 1.28 bits per heavy atom. The van der Waals surface area contributed by atoms with Crippen LogP contribution in [0.5, 0.6) is 5.75 Å². The highest BCUT2D eigenvalue weighted by Gasteiger charge is 2.30. The largest absolute Gasteiger partial charge is 0.573 e. The van der Waals surface area contributed by atoms with Crippen molar-refractivity contribution < 1.29 is 22.7 Å². The molecule has 0 aliphatic heterocycles. The van der Waals surface area contributed by atoms with Gasteiger partial charge in [-0.1, -0.05) is 12.1 Å². The maximum atomic E-state index is 11.9. The first kappa shape index (κ1) is 14.3. The van der Waals surface area contributed by atoms with Gasteiger partial charge in [0.15, 0.2) is 0 Å². The highest BCUT2D eigenvalue weighted by molar-refractivity contribution is 5.77. The van der Waals surface area contributed by atoms with Gasteiger partial charge in [0.2, 0.25) is 5.91 Å². The van der Waals surface area contributed by atoms with Gasteiger partial charge in [0, 0.05) is 20.5 Å². The third kappa shape index (κ3) is 5.07. The number of hydrogen-bond donors (Lipinski definition) is 0. The topological polar surface area (TPSA) is 29.5 Å². The molecule has 0 bridgehead atoms. The molecular weight excluding hydrogens is 247 g/mol. The van der Waals surface area contributed by atoms with Crippen molar-refractivity contribution in [2.45, 2.75) is 12.8 Å². The van der Waals surface area contributed by atoms with Gasteiger partial charge in [0.05, 0.1) is 0 Å². The molecule has 0 aliphatic rings. The second-order valence-electron chi connectivity index (χ2n) is 3.81. The molecule has 0 saturated heterocycles. The van der Waals surface area contributed by atoms with E-state index in [0.29, 0.717) is 5.56 Å². The van der Waals surface area contributed by atoms with E-state index in [1.165, 1.54) is 29.2 Å². The second kappa shape index (κ2) is 5.75. The van der Waals surface area contributed by atoms with Gasteiger partial charge in [0.1, 0.15) is 5.75 Å². The number of alkyl halides is 3. The van der Waals surface area contributed by atoms with Crippen LogP contribution in [-0.2, 0) is 4.79 Å². The molecule has 18 heavy (non-hydrogen) atoms. The molecular formula is C12H13F3NO2. The van der Waals surface area contributed by atoms with Crippen LogP contribution in [0.25, 0.3) is 0 Å². The molecule has 99 valence electrons. The summed E-state index contributed by atoms with van der Waals surface area (Å²) in [5, 5.41) is 0. The Hall–Kier alpha value is -1.72. The van der Waals surface area contributed by atoms with Crippen LogP contribution in [0.4, 0.5) is 13.2 Å². The minimum atomic E-state index is -4.69. The number of benzene rings is 1. The Balaban J connectivity index is 2.53. The SMILES string of the molecule is CN(C)C(=O)C[CH]c1ccc(OC(F)(F)F)cc1. The van der Waals surface area contributed by atoms with E-state index in [2.05, 4.69) is 4.74 Å². The Labute approximate surface area is 103 Å². The number of ether oxygens (including phenoxy) is 1. The lowest BCUT2D eigenvalue weighted by Gasteiger charge is -2.10. The van der Waals surface area contributed by atoms with Crippen molar-refractivity contribution in [2.75, 3.05) is 14.1 Å². The van der Waals surface area contributed by atoms with Crippen molar-refractivity contribution in [1.29, 1.82) is 0 Å². The lowest BCUT2D eigenvalue weighted by molar-refractivity contribution is -0.274. The molecule has 1 amide bonds. The molecule has 1 rings (SSSR count). The van der Waals surface area contributed by atoms with Gasteiger partial charge in [-0.25, -0.2) is 0 Å². The monoisotopic (exact) mass is 260 g/mol. The van der Waals surface area contributed by atoms with Gasteiger partial charge in [0.25, 0.3) is 0 Å². The molecule has 1 aromatic rings. The molecule has 0 aromatic heterocycles. The minimum absolute atomic E-state index is 0.0781. The highest BCUT2D eigenvalue weighted by atomic mass is 19.4. The number of carbonyl (C=O) groups is 1. The second-order valence-corrected chi connectivity index (χ2v) is 3.81. The van der Waals surface area contributed by atoms with E-state index < -0.39 is 6.36 Å². The predicted molar refractivity (Wildman–Crippen MR) is 59.8 cm³/mol. The van der Waals surface area contributed by atoms with Gasteiger partial charge in [-0.3, -0.25) is 4.79 Å². The van der Waals surface area contributed by atoms with Crippen LogP contribution in [0.3, 0.4) is 0 Å². The van der Waals surface area contributed by atoms with Crippen molar-refractivity contribution in [3.05, 3.63) is 36.2 Å². The summed E-state index contributed by atoms with van der Waals surface area (Å²) in [5.41, 5.74) is 0.666. The molecule has 3 nitrogen and oxygen atoms in total. The van der Waals surface area contributed by atoms with Gasteiger partial charge >= 0.3 is 6.36 Å². The molecule has 1 radical (unpaired) electrons. The summed E-state index contributed by atoms with van der Waals surface area (Å²) in [5.74, 6) is -0.357. The van der Waals surface area contributed by atoms with Crippen molar-refractivity contribution >= 4 is 5.91 Å². The van der Waals surface area contributed by atoms with E-state index >= 15 is 0 Å². The zero-order valence-electron chi connectivity index (χ0n) is 9.99. The van der Waals surface area contributed by atoms with Gasteiger partial charge in [-0.05, 0) is 24.1 Å². The third-order valence-corrected chi connectivity index (χ3v) is 2.12. The fraction of sp³-hybridized carbons (Fsp3) is 0.333. The molecule has 0 unspecified atom stereocenters. The number of halogens is 3. The standard InChI is InChI=1S/C12H13F3NO2/c1-16(2)11(17)8-5-9-3-6-10(7-4-9)18-12(13,14)15/h3-7H,8H2,1-2H3. The summed E-state index contributed by atoms with van der Waals surface area (Å²) in [6.07, 6.45) is -2.85. The lowest BCUT2D eigenvalue weighted by atomic mass is 10.1. The molecule has 0 fully saturated rings. The maximum absolute atomic E-state index is 11.9. The van der Waals surface area contributed by atoms with Crippen LogP contribution in [0.15, 0.2) is 24.3 Å². The van der Waals surface area contributed by atoms with Crippen LogP contribution in [0.1, 0.15) is 12.0 Å². The molecule has 0 N–H and O–H groups in total. The van der Waals surface area contributed by atoms with E-state index in [-0.39, 0.29) is 18.1 Å². The number of hydrogen-bond acceptors (Lipinski definition) is 2. The Kier molecular flexibility index (Phi) is 4.58. The van der Waals surface area contributed by atoms with E-state index in [1.54, 1.807) is 20.5 Å². The highest BCUT2D eigenvalue weighted by Crippen LogP contribution is 2.23. The molecule has 0 atom stereocenters. The van der Waals surface area contributed by atoms with Crippen LogP contribution in [-0.4, -0.2) is 31.3 Å². The molecule has 0 aliphatic carbocycles. The minimum Gasteiger partial charge on any atom is -0.406 e. The average molecular weight is 260 g/mol. The van der Waals surface area contributed by atoms with Crippen LogP contribution >= 0.6 is 0 Å². The smallest absolute Gasteiger partial charge is 0.406 e. The molecule has 0 heterocycles. The lowest BCUT2D eigenvalue weighted by Crippen LogP contribution is -2.21. The summed E-state index contributed by atoms with van der Waals surface area (Å²) < 4.78 is 39.4. The Morgan fingerprint density at radius 3 is 2.28 bits per heavy atom. The summed E-state index contributed by atoms with van der Waals surface area (Å²) in [6, 6.07) is 5.34. The average Bonchev–Trinajstić information content (AvgIpc) is 2.25. The normalized spacial score (nSPS) is 11.2. The molecule has 1 aromatic carbocycles. The number of carbonyl (C=O) groups excluding carboxylic acids is 1. The zero-order valence-corrected chi connectivity index (χ0v) is 9.99. The van der Waals surface area contributed by atoms with E-state index in [9.17, 15) is 18.0 Å². The Bertz CT molecular complexity index is 399. The van der Waals surface area contributed by atoms with Crippen molar-refractivity contribution in [1.82, 2.24) is 4.90 Å². The zero-order chi connectivity index (χ0) is 13.8. The fourth-order valence-corrected chi connectivity index (χ4v) is 1.19. The molecule has 0 saturated carbocycles. The number of amides is 1. The van der Waals surface area contributed by atoms with Crippen LogP contribution in [0, 0.1) is 6.42 Å². The van der Waals surface area contributed by atoms with E-state index in [4.69, 9.17) is 0 Å². The van der Waals surface area contributed by atoms with Crippen molar-refractivity contribution in [3.63, 3.8) is 0 Å². The molecule has 6 heteroatoms. The van der Waals surface area contributed by atoms with Crippen LogP contribution in [0.2, 0.25) is 0 Å². The first-order chi connectivity index (χ1) is 8.28. The van der Waals surface area contributed by atoms with E-state index in [1.807, 2.05) is 0 Å². The van der Waals surface area contributed by atoms with Gasteiger partial charge < -0.3 is 9.64 Å². The first-order valence-corrected chi connectivity index (χ1v) is 5.17. The summed E-state index contributed by atoms with van der Waals surface area (Å²) in [6.45, 7) is 0. The third-order valence-electron chi connectivity index (χ3n) is 2.12. The molecule has 0 spiro atoms. The van der Waals surface area contributed by atoms with Gasteiger partial charge in [-0.15, -0.1) is 13.2 Å². The first-order valence-electron chi connectivity index (χ1n) is 5.17. The Morgan fingerprint density at radius 2 is 1.83 bits per heavy atom. The van der Waals surface area contributed by atoms with Crippen LogP contribution < -0.4 is 4.74 Å². The van der Waals surface area contributed by atoms with Crippen molar-refractivity contribution in [2.24, 2.45) is 0 Å². The summed E-state index contributed by atoms with van der Waals surface area (Å²) >= 11 is 0. The van der Waals surface area contributed by atoms with Gasteiger partial charge in [-0.2, -0.15) is 0 Å². The summed E-state index contributed by atoms with van der Waals surface area (Å²) in [4.78, 5) is 12.7. The number of nitrogens with zero attached hydrogens (tertiary/aromatic N) is 1. The van der Waals surface area contributed by atoms with E-state index in [0.717, 1.165) is 0 Å². The van der Waals surface area contributed by atoms with Crippen molar-refractivity contribution in [3.8, 4) is 5.75 Å². The fourth-order valence-electron chi connectivity index (χ4n) is 1.19. The maximum Gasteiger partial charge on any atom is 0.573 e. The summed E-state index contributed by atoms with van der Waals surface area (Å²) in [7, 11) is 3.27. The number of rotatable bonds is 4. The predicted octanol–water partition coefficient (Wildman–Crippen LogP) is 2.62. The quantitative estimate of drug-likeness (QED) is 0.832.